The third kappa shape index (κ3) is 4.21. The van der Waals surface area contributed by atoms with Gasteiger partial charge in [0.15, 0.2) is 6.61 Å². The zero-order chi connectivity index (χ0) is 17.7. The number of benzene rings is 1. The number of nitrogens with zero attached hydrogens (tertiary/aromatic N) is 2. The molecule has 0 N–H and O–H groups in total. The van der Waals surface area contributed by atoms with E-state index in [4.69, 9.17) is 9.47 Å². The molecule has 0 aliphatic carbocycles. The molecule has 8 nitrogen and oxygen atoms in total. The van der Waals surface area contributed by atoms with Crippen molar-refractivity contribution in [1.29, 1.82) is 0 Å². The fourth-order valence-electron chi connectivity index (χ4n) is 2.68. The van der Waals surface area contributed by atoms with Crippen molar-refractivity contribution in [3.8, 4) is 5.75 Å². The highest BCUT2D eigenvalue weighted by Crippen LogP contribution is 2.24. The van der Waals surface area contributed by atoms with Gasteiger partial charge in [0.05, 0.1) is 12.0 Å². The maximum atomic E-state index is 12.2. The summed E-state index contributed by atoms with van der Waals surface area (Å²) in [5, 5.41) is 10.8. The Hall–Kier alpha value is -2.64. The van der Waals surface area contributed by atoms with Crippen LogP contribution in [-0.2, 0) is 9.53 Å². The maximum Gasteiger partial charge on any atom is 0.342 e. The summed E-state index contributed by atoms with van der Waals surface area (Å²) < 4.78 is 10.0. The first kappa shape index (κ1) is 17.7. The van der Waals surface area contributed by atoms with Gasteiger partial charge in [-0.3, -0.25) is 14.9 Å². The van der Waals surface area contributed by atoms with Gasteiger partial charge in [-0.2, -0.15) is 0 Å². The molecule has 1 heterocycles. The highest BCUT2D eigenvalue weighted by atomic mass is 16.6. The third-order valence-corrected chi connectivity index (χ3v) is 3.95. The first-order chi connectivity index (χ1) is 11.4. The van der Waals surface area contributed by atoms with Crippen LogP contribution in [0.15, 0.2) is 18.2 Å². The van der Waals surface area contributed by atoms with Crippen molar-refractivity contribution < 1.29 is 24.0 Å². The molecule has 130 valence electrons. The van der Waals surface area contributed by atoms with E-state index in [0.717, 1.165) is 18.9 Å². The molecule has 0 aromatic heterocycles. The number of carbonyl (C=O) groups excluding carboxylic acids is 2. The monoisotopic (exact) mass is 336 g/mol. The van der Waals surface area contributed by atoms with Gasteiger partial charge in [0.2, 0.25) is 0 Å². The number of methoxy groups -OCH3 is 1. The first-order valence-electron chi connectivity index (χ1n) is 7.69. The number of nitro benzene ring substituents is 1. The van der Waals surface area contributed by atoms with Crippen molar-refractivity contribution in [1.82, 2.24) is 4.90 Å². The van der Waals surface area contributed by atoms with E-state index in [1.807, 2.05) is 0 Å². The summed E-state index contributed by atoms with van der Waals surface area (Å²) in [7, 11) is 1.35. The Bertz CT molecular complexity index is 645. The molecule has 1 amide bonds. The SMILES string of the molecule is COc1ccc([N+](=O)[O-])cc1C(=O)OCC(=O)N1CCC[C@@H](C)C1. The van der Waals surface area contributed by atoms with Gasteiger partial charge < -0.3 is 14.4 Å². The van der Waals surface area contributed by atoms with Crippen LogP contribution in [0, 0.1) is 16.0 Å². The van der Waals surface area contributed by atoms with Gasteiger partial charge in [0.1, 0.15) is 11.3 Å². The summed E-state index contributed by atoms with van der Waals surface area (Å²) in [4.78, 5) is 36.2. The van der Waals surface area contributed by atoms with Crippen molar-refractivity contribution >= 4 is 17.6 Å². The van der Waals surface area contributed by atoms with E-state index in [2.05, 4.69) is 6.92 Å². The number of rotatable bonds is 5. The number of esters is 1. The molecule has 1 aliphatic rings. The van der Waals surface area contributed by atoms with Gasteiger partial charge in [-0.1, -0.05) is 6.92 Å². The molecular formula is C16H20N2O6. The molecule has 0 bridgehead atoms. The van der Waals surface area contributed by atoms with Crippen LogP contribution in [0.4, 0.5) is 5.69 Å². The van der Waals surface area contributed by atoms with Gasteiger partial charge in [-0.05, 0) is 24.8 Å². The van der Waals surface area contributed by atoms with Crippen LogP contribution in [0.3, 0.4) is 0 Å². The summed E-state index contributed by atoms with van der Waals surface area (Å²) in [5.74, 6) is -0.506. The van der Waals surface area contributed by atoms with Gasteiger partial charge in [0.25, 0.3) is 11.6 Å². The molecule has 8 heteroatoms. The quantitative estimate of drug-likeness (QED) is 0.463. The van der Waals surface area contributed by atoms with Gasteiger partial charge in [0, 0.05) is 25.2 Å². The molecular weight excluding hydrogens is 316 g/mol. The normalized spacial score (nSPS) is 17.2. The predicted molar refractivity (Wildman–Crippen MR) is 84.9 cm³/mol. The molecule has 1 aromatic rings. The Kier molecular flexibility index (Phi) is 5.73. The summed E-state index contributed by atoms with van der Waals surface area (Å²) in [5.41, 5.74) is -0.328. The molecule has 1 aliphatic heterocycles. The van der Waals surface area contributed by atoms with E-state index < -0.39 is 17.5 Å². The molecule has 0 spiro atoms. The van der Waals surface area contributed by atoms with Gasteiger partial charge in [-0.25, -0.2) is 4.79 Å². The van der Waals surface area contributed by atoms with E-state index >= 15 is 0 Å². The number of hydrogen-bond acceptors (Lipinski definition) is 6. The summed E-state index contributed by atoms with van der Waals surface area (Å²) >= 11 is 0. The van der Waals surface area contributed by atoms with Crippen molar-refractivity contribution in [3.63, 3.8) is 0 Å². The number of nitro groups is 1. The lowest BCUT2D eigenvalue weighted by molar-refractivity contribution is -0.384. The predicted octanol–water partition coefficient (Wildman–Crippen LogP) is 2.02. The Morgan fingerprint density at radius 1 is 1.42 bits per heavy atom. The Morgan fingerprint density at radius 2 is 2.17 bits per heavy atom. The first-order valence-corrected chi connectivity index (χ1v) is 7.69. The van der Waals surface area contributed by atoms with Crippen LogP contribution in [0.5, 0.6) is 5.75 Å². The van der Waals surface area contributed by atoms with E-state index in [-0.39, 0.29) is 22.9 Å². The number of ether oxygens (including phenoxy) is 2. The lowest BCUT2D eigenvalue weighted by Gasteiger charge is -2.30. The minimum Gasteiger partial charge on any atom is -0.496 e. The molecule has 1 saturated heterocycles. The molecule has 0 radical (unpaired) electrons. The van der Waals surface area contributed by atoms with E-state index in [9.17, 15) is 19.7 Å². The molecule has 1 atom stereocenters. The second-order valence-electron chi connectivity index (χ2n) is 5.80. The smallest absolute Gasteiger partial charge is 0.342 e. The van der Waals surface area contributed by atoms with Crippen LogP contribution in [0.2, 0.25) is 0 Å². The molecule has 1 fully saturated rings. The topological polar surface area (TPSA) is 99.0 Å². The molecule has 0 unspecified atom stereocenters. The number of likely N-dealkylation sites (tertiary alicyclic amines) is 1. The number of piperidine rings is 1. The van der Waals surface area contributed by atoms with Crippen LogP contribution >= 0.6 is 0 Å². The van der Waals surface area contributed by atoms with Crippen LogP contribution in [-0.4, -0.2) is 48.5 Å². The summed E-state index contributed by atoms with van der Waals surface area (Å²) in [6.07, 6.45) is 2.01. The van der Waals surface area contributed by atoms with E-state index in [1.165, 1.54) is 19.2 Å². The summed E-state index contributed by atoms with van der Waals surface area (Å²) in [6, 6.07) is 3.63. The van der Waals surface area contributed by atoms with Crippen molar-refractivity contribution in [2.75, 3.05) is 26.8 Å². The number of hydrogen-bond donors (Lipinski definition) is 0. The van der Waals surface area contributed by atoms with Crippen LogP contribution in [0.25, 0.3) is 0 Å². The Labute approximate surface area is 139 Å². The maximum absolute atomic E-state index is 12.2. The molecule has 0 saturated carbocycles. The average molecular weight is 336 g/mol. The highest BCUT2D eigenvalue weighted by Gasteiger charge is 2.24. The zero-order valence-electron chi connectivity index (χ0n) is 13.7. The lowest BCUT2D eigenvalue weighted by atomic mass is 10.0. The van der Waals surface area contributed by atoms with E-state index in [1.54, 1.807) is 4.90 Å². The summed E-state index contributed by atoms with van der Waals surface area (Å²) in [6.45, 7) is 2.98. The van der Waals surface area contributed by atoms with Crippen molar-refractivity contribution in [2.24, 2.45) is 5.92 Å². The second-order valence-corrected chi connectivity index (χ2v) is 5.80. The third-order valence-electron chi connectivity index (χ3n) is 3.95. The van der Waals surface area contributed by atoms with E-state index in [0.29, 0.717) is 19.0 Å². The largest absolute Gasteiger partial charge is 0.496 e. The van der Waals surface area contributed by atoms with Crippen molar-refractivity contribution in [3.05, 3.63) is 33.9 Å². The van der Waals surface area contributed by atoms with Crippen molar-refractivity contribution in [2.45, 2.75) is 19.8 Å². The number of amides is 1. The second kappa shape index (κ2) is 7.76. The lowest BCUT2D eigenvalue weighted by Crippen LogP contribution is -2.41. The molecule has 2 rings (SSSR count). The fourth-order valence-corrected chi connectivity index (χ4v) is 2.68. The minimum atomic E-state index is -0.825. The Balaban J connectivity index is 2.02. The minimum absolute atomic E-state index is 0.0773. The van der Waals surface area contributed by atoms with Crippen LogP contribution < -0.4 is 4.74 Å². The Morgan fingerprint density at radius 3 is 2.79 bits per heavy atom. The molecule has 1 aromatic carbocycles. The standard InChI is InChI=1S/C16H20N2O6/c1-11-4-3-7-17(9-11)15(19)10-24-16(20)13-8-12(18(21)22)5-6-14(13)23-2/h5-6,8,11H,3-4,7,9-10H2,1-2H3/t11-/m1/s1. The highest BCUT2D eigenvalue weighted by molar-refractivity contribution is 5.94. The number of carbonyl (C=O) groups is 2. The fraction of sp³-hybridized carbons (Fsp3) is 0.500. The van der Waals surface area contributed by atoms with Gasteiger partial charge in [-0.15, -0.1) is 0 Å². The average Bonchev–Trinajstić information content (AvgIpc) is 2.58. The molecule has 24 heavy (non-hydrogen) atoms. The van der Waals surface area contributed by atoms with Crippen LogP contribution in [0.1, 0.15) is 30.1 Å². The zero-order valence-corrected chi connectivity index (χ0v) is 13.7. The number of non-ortho nitro benzene ring substituents is 1. The van der Waals surface area contributed by atoms with Gasteiger partial charge >= 0.3 is 5.97 Å².